The molecule has 1 N–H and O–H groups in total. The van der Waals surface area contributed by atoms with Gasteiger partial charge in [0.15, 0.2) is 0 Å². The summed E-state index contributed by atoms with van der Waals surface area (Å²) in [6, 6.07) is 4.95. The Morgan fingerprint density at radius 1 is 1.15 bits per heavy atom. The second-order valence-corrected chi connectivity index (χ2v) is 9.11. The molecule has 1 aromatic carbocycles. The zero-order valence-electron chi connectivity index (χ0n) is 15.5. The molecule has 1 amide bonds. The molecule has 0 bridgehead atoms. The zero-order chi connectivity index (χ0) is 18.6. The fraction of sp³-hybridized carbons (Fsp3) is 0.550. The van der Waals surface area contributed by atoms with Crippen LogP contribution in [-0.4, -0.2) is 38.3 Å². The van der Waals surface area contributed by atoms with Gasteiger partial charge >= 0.3 is 0 Å². The average Bonchev–Trinajstić information content (AvgIpc) is 3.18. The van der Waals surface area contributed by atoms with Gasteiger partial charge in [0.05, 0.1) is 4.90 Å². The molecule has 1 fully saturated rings. The molecule has 26 heavy (non-hydrogen) atoms. The van der Waals surface area contributed by atoms with E-state index in [4.69, 9.17) is 0 Å². The Balaban J connectivity index is 1.68. The summed E-state index contributed by atoms with van der Waals surface area (Å²) in [7, 11) is -3.52. The van der Waals surface area contributed by atoms with Crippen molar-refractivity contribution in [3.63, 3.8) is 0 Å². The molecule has 0 unspecified atom stereocenters. The lowest BCUT2D eigenvalue weighted by Crippen LogP contribution is -2.29. The summed E-state index contributed by atoms with van der Waals surface area (Å²) >= 11 is 0. The number of allylic oxidation sites excluding steroid dienone is 1. The van der Waals surface area contributed by atoms with E-state index in [1.807, 2.05) is 0 Å². The van der Waals surface area contributed by atoms with E-state index in [9.17, 15) is 13.2 Å². The molecule has 142 valence electrons. The van der Waals surface area contributed by atoms with Gasteiger partial charge in [-0.3, -0.25) is 4.79 Å². The Labute approximate surface area is 156 Å². The van der Waals surface area contributed by atoms with Crippen LogP contribution in [0.4, 0.5) is 0 Å². The molecule has 1 aromatic rings. The first-order valence-electron chi connectivity index (χ1n) is 9.55. The Morgan fingerprint density at radius 3 is 2.62 bits per heavy atom. The lowest BCUT2D eigenvalue weighted by molar-refractivity contribution is 0.0954. The van der Waals surface area contributed by atoms with Crippen LogP contribution in [0.5, 0.6) is 0 Å². The molecule has 0 aromatic heterocycles. The molecular formula is C20H28N2O3S. The highest BCUT2D eigenvalue weighted by molar-refractivity contribution is 7.89. The second-order valence-electron chi connectivity index (χ2n) is 7.21. The number of nitrogens with one attached hydrogen (secondary N) is 1. The molecule has 2 aliphatic rings. The van der Waals surface area contributed by atoms with Gasteiger partial charge in [0.2, 0.25) is 10.0 Å². The molecule has 3 rings (SSSR count). The van der Waals surface area contributed by atoms with E-state index in [2.05, 4.69) is 11.4 Å². The van der Waals surface area contributed by atoms with Gasteiger partial charge in [0, 0.05) is 25.2 Å². The van der Waals surface area contributed by atoms with Gasteiger partial charge in [-0.2, -0.15) is 4.31 Å². The van der Waals surface area contributed by atoms with Crippen LogP contribution in [0.2, 0.25) is 0 Å². The monoisotopic (exact) mass is 376 g/mol. The number of amides is 1. The third-order valence-electron chi connectivity index (χ3n) is 5.25. The number of hydrogen-bond acceptors (Lipinski definition) is 3. The van der Waals surface area contributed by atoms with Gasteiger partial charge in [0.25, 0.3) is 5.91 Å². The van der Waals surface area contributed by atoms with Crippen LogP contribution in [0, 0.1) is 6.92 Å². The fourth-order valence-corrected chi connectivity index (χ4v) is 5.43. The van der Waals surface area contributed by atoms with Crippen molar-refractivity contribution < 1.29 is 13.2 Å². The van der Waals surface area contributed by atoms with Crippen LogP contribution in [-0.2, 0) is 10.0 Å². The topological polar surface area (TPSA) is 66.5 Å². The molecule has 1 saturated heterocycles. The number of carbonyl (C=O) groups is 1. The van der Waals surface area contributed by atoms with E-state index in [0.717, 1.165) is 32.1 Å². The minimum Gasteiger partial charge on any atom is -0.352 e. The van der Waals surface area contributed by atoms with E-state index >= 15 is 0 Å². The van der Waals surface area contributed by atoms with Crippen LogP contribution in [0.1, 0.15) is 60.9 Å². The SMILES string of the molecule is Cc1ccc(C(=O)NCCC2=CCCCC2)cc1S(=O)(=O)N1CCCC1. The Hall–Kier alpha value is -1.66. The van der Waals surface area contributed by atoms with E-state index in [1.165, 1.54) is 28.8 Å². The lowest BCUT2D eigenvalue weighted by atomic mass is 9.97. The second kappa shape index (κ2) is 8.35. The Bertz CT molecular complexity index is 793. The van der Waals surface area contributed by atoms with Gasteiger partial charge in [-0.25, -0.2) is 8.42 Å². The molecule has 1 aliphatic heterocycles. The molecule has 1 aliphatic carbocycles. The highest BCUT2D eigenvalue weighted by Gasteiger charge is 2.29. The van der Waals surface area contributed by atoms with Crippen molar-refractivity contribution in [1.82, 2.24) is 9.62 Å². The van der Waals surface area contributed by atoms with Crippen LogP contribution < -0.4 is 5.32 Å². The van der Waals surface area contributed by atoms with Crippen molar-refractivity contribution in [1.29, 1.82) is 0 Å². The maximum Gasteiger partial charge on any atom is 0.251 e. The molecule has 0 saturated carbocycles. The van der Waals surface area contributed by atoms with Crippen LogP contribution in [0.25, 0.3) is 0 Å². The summed E-state index contributed by atoms with van der Waals surface area (Å²) < 4.78 is 27.2. The number of nitrogens with zero attached hydrogens (tertiary/aromatic N) is 1. The minimum absolute atomic E-state index is 0.209. The van der Waals surface area contributed by atoms with E-state index < -0.39 is 10.0 Å². The molecule has 5 nitrogen and oxygen atoms in total. The summed E-state index contributed by atoms with van der Waals surface area (Å²) in [6.45, 7) is 3.49. The Kier molecular flexibility index (Phi) is 6.14. The zero-order valence-corrected chi connectivity index (χ0v) is 16.3. The molecule has 6 heteroatoms. The lowest BCUT2D eigenvalue weighted by Gasteiger charge is -2.18. The molecule has 1 heterocycles. The summed E-state index contributed by atoms with van der Waals surface area (Å²) in [5, 5.41) is 2.93. The predicted molar refractivity (Wildman–Crippen MR) is 103 cm³/mol. The first kappa shape index (κ1) is 19.1. The highest BCUT2D eigenvalue weighted by atomic mass is 32.2. The molecule has 0 atom stereocenters. The number of benzene rings is 1. The number of hydrogen-bond donors (Lipinski definition) is 1. The third-order valence-corrected chi connectivity index (χ3v) is 7.29. The normalized spacial score (nSPS) is 18.6. The predicted octanol–water partition coefficient (Wildman–Crippen LogP) is 3.40. The number of carbonyl (C=O) groups excluding carboxylic acids is 1. The average molecular weight is 377 g/mol. The van der Waals surface area contributed by atoms with Gasteiger partial charge in [0.1, 0.15) is 0 Å². The number of aryl methyl sites for hydroxylation is 1. The van der Waals surface area contributed by atoms with E-state index in [-0.39, 0.29) is 10.8 Å². The van der Waals surface area contributed by atoms with Crippen molar-refractivity contribution in [3.05, 3.63) is 41.0 Å². The Morgan fingerprint density at radius 2 is 1.92 bits per heavy atom. The summed E-state index contributed by atoms with van der Waals surface area (Å²) in [4.78, 5) is 12.7. The molecule has 0 spiro atoms. The summed E-state index contributed by atoms with van der Waals surface area (Å²) in [6.07, 6.45) is 9.70. The van der Waals surface area contributed by atoms with E-state index in [0.29, 0.717) is 30.8 Å². The maximum absolute atomic E-state index is 12.8. The quantitative estimate of drug-likeness (QED) is 0.774. The fourth-order valence-electron chi connectivity index (χ4n) is 3.66. The van der Waals surface area contributed by atoms with Crippen molar-refractivity contribution in [2.24, 2.45) is 0 Å². The van der Waals surface area contributed by atoms with Crippen LogP contribution in [0.15, 0.2) is 34.7 Å². The van der Waals surface area contributed by atoms with Gasteiger partial charge in [-0.15, -0.1) is 0 Å². The van der Waals surface area contributed by atoms with Crippen molar-refractivity contribution in [2.45, 2.75) is 56.8 Å². The smallest absolute Gasteiger partial charge is 0.251 e. The molecular weight excluding hydrogens is 348 g/mol. The van der Waals surface area contributed by atoms with Gasteiger partial charge < -0.3 is 5.32 Å². The van der Waals surface area contributed by atoms with Crippen LogP contribution >= 0.6 is 0 Å². The standard InChI is InChI=1S/C20H28N2O3S/c1-16-9-10-18(15-19(16)26(24,25)22-13-5-6-14-22)20(23)21-12-11-17-7-3-2-4-8-17/h7,9-10,15H,2-6,8,11-14H2,1H3,(H,21,23). The largest absolute Gasteiger partial charge is 0.352 e. The number of sulfonamides is 1. The minimum atomic E-state index is -3.52. The van der Waals surface area contributed by atoms with Crippen molar-refractivity contribution >= 4 is 15.9 Å². The summed E-state index contributed by atoms with van der Waals surface area (Å²) in [5.41, 5.74) is 2.50. The van der Waals surface area contributed by atoms with E-state index in [1.54, 1.807) is 19.1 Å². The molecule has 0 radical (unpaired) electrons. The first-order valence-corrected chi connectivity index (χ1v) is 11.0. The van der Waals surface area contributed by atoms with Gasteiger partial charge in [-0.1, -0.05) is 17.7 Å². The van der Waals surface area contributed by atoms with Crippen molar-refractivity contribution in [2.75, 3.05) is 19.6 Å². The number of rotatable bonds is 6. The van der Waals surface area contributed by atoms with Crippen LogP contribution in [0.3, 0.4) is 0 Å². The summed E-state index contributed by atoms with van der Waals surface area (Å²) in [5.74, 6) is -0.209. The third kappa shape index (κ3) is 4.35. The first-order chi connectivity index (χ1) is 12.5. The van der Waals surface area contributed by atoms with Gasteiger partial charge in [-0.05, 0) is 69.6 Å². The highest BCUT2D eigenvalue weighted by Crippen LogP contribution is 2.25. The van der Waals surface area contributed by atoms with Crippen molar-refractivity contribution in [3.8, 4) is 0 Å². The maximum atomic E-state index is 12.8.